The van der Waals surface area contributed by atoms with E-state index in [1.54, 1.807) is 36.4 Å². The molecule has 1 fully saturated rings. The Bertz CT molecular complexity index is 1340. The van der Waals surface area contributed by atoms with Gasteiger partial charge in [0.05, 0.1) is 17.8 Å². The summed E-state index contributed by atoms with van der Waals surface area (Å²) < 4.78 is 11.3. The Labute approximate surface area is 218 Å². The molecule has 0 unspecified atom stereocenters. The van der Waals surface area contributed by atoms with Crippen LogP contribution in [0.1, 0.15) is 16.7 Å². The Morgan fingerprint density at radius 3 is 2.37 bits per heavy atom. The van der Waals surface area contributed by atoms with Crippen molar-refractivity contribution < 1.29 is 19.1 Å². The second-order valence-corrected chi connectivity index (χ2v) is 8.97. The van der Waals surface area contributed by atoms with Gasteiger partial charge < -0.3 is 9.47 Å². The molecular weight excluding hydrogens is 507 g/mol. The Morgan fingerprint density at radius 2 is 1.71 bits per heavy atom. The van der Waals surface area contributed by atoms with Crippen molar-refractivity contribution in [2.24, 2.45) is 0 Å². The van der Waals surface area contributed by atoms with E-state index in [1.807, 2.05) is 31.2 Å². The van der Waals surface area contributed by atoms with Crippen LogP contribution in [-0.4, -0.2) is 24.0 Å². The van der Waals surface area contributed by atoms with Gasteiger partial charge in [-0.2, -0.15) is 0 Å². The highest BCUT2D eigenvalue weighted by molar-refractivity contribution is 7.80. The largest absolute Gasteiger partial charge is 0.493 e. The number of ether oxygens (including phenoxy) is 2. The summed E-state index contributed by atoms with van der Waals surface area (Å²) in [5.41, 5.74) is 2.88. The number of rotatable bonds is 6. The molecule has 0 atom stereocenters. The molecule has 0 aromatic heterocycles. The first kappa shape index (κ1) is 24.7. The van der Waals surface area contributed by atoms with E-state index in [0.717, 1.165) is 11.1 Å². The molecule has 0 spiro atoms. The normalized spacial score (nSPS) is 14.8. The van der Waals surface area contributed by atoms with Crippen LogP contribution >= 0.6 is 35.4 Å². The molecule has 4 rings (SSSR count). The number of carbonyl (C=O) groups excluding carboxylic acids is 2. The van der Waals surface area contributed by atoms with Gasteiger partial charge in [-0.25, -0.2) is 0 Å². The lowest BCUT2D eigenvalue weighted by Gasteiger charge is -2.29. The molecule has 35 heavy (non-hydrogen) atoms. The van der Waals surface area contributed by atoms with Crippen molar-refractivity contribution in [2.75, 3.05) is 12.0 Å². The maximum atomic E-state index is 13.2. The smallest absolute Gasteiger partial charge is 0.270 e. The van der Waals surface area contributed by atoms with Gasteiger partial charge in [0.2, 0.25) is 0 Å². The number of aryl methyl sites for hydroxylation is 1. The van der Waals surface area contributed by atoms with E-state index in [2.05, 4.69) is 5.32 Å². The molecule has 0 aliphatic carbocycles. The van der Waals surface area contributed by atoms with E-state index >= 15 is 0 Å². The topological polar surface area (TPSA) is 67.9 Å². The number of thiocarbonyl (C=S) groups is 1. The molecule has 2 amide bonds. The standard InChI is InChI=1S/C26H20Cl2N2O4S/c1-15-3-9-19(10-4-15)30-25(32)20(24(31)29-26(30)35)11-17-12-21(28)23(22(13-17)33-2)34-14-16-5-7-18(27)8-6-16/h3-13H,14H2,1-2H3,(H,29,31,35)/b20-11+. The van der Waals surface area contributed by atoms with Gasteiger partial charge in [-0.15, -0.1) is 0 Å². The third-order valence-electron chi connectivity index (χ3n) is 5.25. The Morgan fingerprint density at radius 1 is 1.03 bits per heavy atom. The molecule has 0 radical (unpaired) electrons. The van der Waals surface area contributed by atoms with Crippen molar-refractivity contribution in [3.05, 3.63) is 93.0 Å². The lowest BCUT2D eigenvalue weighted by Crippen LogP contribution is -2.54. The van der Waals surface area contributed by atoms with Gasteiger partial charge in [-0.3, -0.25) is 19.8 Å². The van der Waals surface area contributed by atoms with Crippen molar-refractivity contribution in [2.45, 2.75) is 13.5 Å². The van der Waals surface area contributed by atoms with Gasteiger partial charge >= 0.3 is 0 Å². The highest BCUT2D eigenvalue weighted by Crippen LogP contribution is 2.38. The van der Waals surface area contributed by atoms with Crippen LogP contribution in [0.5, 0.6) is 11.5 Å². The van der Waals surface area contributed by atoms with Crippen LogP contribution in [0.2, 0.25) is 10.0 Å². The Kier molecular flexibility index (Phi) is 7.40. The molecule has 178 valence electrons. The maximum Gasteiger partial charge on any atom is 0.270 e. The van der Waals surface area contributed by atoms with Gasteiger partial charge in [0.1, 0.15) is 12.2 Å². The number of methoxy groups -OCH3 is 1. The fourth-order valence-corrected chi connectivity index (χ4v) is 4.13. The second kappa shape index (κ2) is 10.5. The van der Waals surface area contributed by atoms with Crippen LogP contribution < -0.4 is 19.7 Å². The third kappa shape index (κ3) is 5.48. The summed E-state index contributed by atoms with van der Waals surface area (Å²) in [7, 11) is 1.48. The summed E-state index contributed by atoms with van der Waals surface area (Å²) in [5, 5.41) is 3.48. The van der Waals surface area contributed by atoms with E-state index in [9.17, 15) is 9.59 Å². The number of carbonyl (C=O) groups is 2. The summed E-state index contributed by atoms with van der Waals surface area (Å²) >= 11 is 17.7. The maximum absolute atomic E-state index is 13.2. The number of nitrogens with zero attached hydrogens (tertiary/aromatic N) is 1. The van der Waals surface area contributed by atoms with E-state index in [1.165, 1.54) is 18.1 Å². The van der Waals surface area contributed by atoms with Gasteiger partial charge in [0.15, 0.2) is 16.6 Å². The number of halogens is 2. The van der Waals surface area contributed by atoms with Crippen molar-refractivity contribution >= 4 is 64.1 Å². The molecule has 3 aromatic carbocycles. The molecule has 1 aliphatic heterocycles. The van der Waals surface area contributed by atoms with Crippen molar-refractivity contribution in [1.29, 1.82) is 0 Å². The number of benzene rings is 3. The van der Waals surface area contributed by atoms with Crippen LogP contribution in [0.15, 0.2) is 66.2 Å². The zero-order valence-electron chi connectivity index (χ0n) is 18.8. The van der Waals surface area contributed by atoms with E-state index < -0.39 is 11.8 Å². The van der Waals surface area contributed by atoms with E-state index in [-0.39, 0.29) is 22.3 Å². The number of nitrogens with one attached hydrogen (secondary N) is 1. The van der Waals surface area contributed by atoms with Crippen molar-refractivity contribution in [1.82, 2.24) is 5.32 Å². The average molecular weight is 527 g/mol. The summed E-state index contributed by atoms with van der Waals surface area (Å²) in [6.45, 7) is 2.19. The zero-order chi connectivity index (χ0) is 25.1. The molecule has 9 heteroatoms. The minimum Gasteiger partial charge on any atom is -0.493 e. The fourth-order valence-electron chi connectivity index (χ4n) is 3.45. The first-order valence-corrected chi connectivity index (χ1v) is 11.7. The lowest BCUT2D eigenvalue weighted by atomic mass is 10.1. The predicted molar refractivity (Wildman–Crippen MR) is 141 cm³/mol. The van der Waals surface area contributed by atoms with Crippen LogP contribution in [0.3, 0.4) is 0 Å². The monoisotopic (exact) mass is 526 g/mol. The molecule has 0 saturated carbocycles. The molecule has 3 aromatic rings. The predicted octanol–water partition coefficient (Wildman–Crippen LogP) is 5.72. The Hall–Kier alpha value is -3.39. The highest BCUT2D eigenvalue weighted by Gasteiger charge is 2.34. The van der Waals surface area contributed by atoms with Gasteiger partial charge in [-0.1, -0.05) is 53.0 Å². The molecule has 0 bridgehead atoms. The number of anilines is 1. The molecular formula is C26H20Cl2N2O4S. The first-order valence-electron chi connectivity index (χ1n) is 10.5. The minimum atomic E-state index is -0.596. The lowest BCUT2D eigenvalue weighted by molar-refractivity contribution is -0.122. The van der Waals surface area contributed by atoms with Gasteiger partial charge in [-0.05, 0) is 72.7 Å². The SMILES string of the molecule is COc1cc(/C=C2\C(=O)NC(=S)N(c3ccc(C)cc3)C2=O)cc(Cl)c1OCc1ccc(Cl)cc1. The first-order chi connectivity index (χ1) is 16.8. The van der Waals surface area contributed by atoms with Crippen molar-refractivity contribution in [3.8, 4) is 11.5 Å². The minimum absolute atomic E-state index is 0.0163. The fraction of sp³-hybridized carbons (Fsp3) is 0.115. The average Bonchev–Trinajstić information content (AvgIpc) is 2.83. The van der Waals surface area contributed by atoms with Crippen LogP contribution in [-0.2, 0) is 16.2 Å². The molecule has 1 aliphatic rings. The number of hydrogen-bond donors (Lipinski definition) is 1. The second-order valence-electron chi connectivity index (χ2n) is 7.74. The van der Waals surface area contributed by atoms with E-state index in [0.29, 0.717) is 27.8 Å². The van der Waals surface area contributed by atoms with E-state index in [4.69, 9.17) is 44.9 Å². The summed E-state index contributed by atoms with van der Waals surface area (Å²) in [6.07, 6.45) is 1.44. The number of hydrogen-bond acceptors (Lipinski definition) is 5. The summed E-state index contributed by atoms with van der Waals surface area (Å²) in [4.78, 5) is 27.1. The van der Waals surface area contributed by atoms with Gasteiger partial charge in [0.25, 0.3) is 11.8 Å². The van der Waals surface area contributed by atoms with Crippen molar-refractivity contribution in [3.63, 3.8) is 0 Å². The van der Waals surface area contributed by atoms with Crippen LogP contribution in [0, 0.1) is 6.92 Å². The van der Waals surface area contributed by atoms with Crippen LogP contribution in [0.4, 0.5) is 5.69 Å². The molecule has 1 heterocycles. The van der Waals surface area contributed by atoms with Crippen LogP contribution in [0.25, 0.3) is 6.08 Å². The Balaban J connectivity index is 1.63. The third-order valence-corrected chi connectivity index (χ3v) is 6.07. The zero-order valence-corrected chi connectivity index (χ0v) is 21.1. The molecule has 1 saturated heterocycles. The summed E-state index contributed by atoms with van der Waals surface area (Å²) in [5.74, 6) is -0.441. The quantitative estimate of drug-likeness (QED) is 0.252. The highest BCUT2D eigenvalue weighted by atomic mass is 35.5. The molecule has 1 N–H and O–H groups in total. The summed E-state index contributed by atoms with van der Waals surface area (Å²) in [6, 6.07) is 17.7. The molecule has 6 nitrogen and oxygen atoms in total. The number of amides is 2. The van der Waals surface area contributed by atoms with Gasteiger partial charge in [0, 0.05) is 5.02 Å².